The molecule has 3 atom stereocenters. The largest absolute Gasteiger partial charge is 0.393 e. The van der Waals surface area contributed by atoms with Crippen LogP contribution in [0, 0.1) is 5.92 Å². The molecule has 0 spiro atoms. The summed E-state index contributed by atoms with van der Waals surface area (Å²) in [5.41, 5.74) is 6.29. The molecule has 4 N–H and O–H groups in total. The standard InChI is InChI=1S/C19H41NO2.ClH/c1-4-5-6-7-8-9-10-11-12-13-19(20)18(14-16(2)21)15-17(3)22;/h16-19,21-22H,4-15,20H2,1-3H3;1H. The van der Waals surface area contributed by atoms with E-state index in [0.29, 0.717) is 12.8 Å². The number of nitrogens with two attached hydrogens (primary N) is 1. The van der Waals surface area contributed by atoms with Gasteiger partial charge in [-0.05, 0) is 39.0 Å². The Bertz CT molecular complexity index is 227. The fourth-order valence-corrected chi connectivity index (χ4v) is 3.25. The molecule has 0 saturated carbocycles. The van der Waals surface area contributed by atoms with Gasteiger partial charge in [0, 0.05) is 6.04 Å². The van der Waals surface area contributed by atoms with Gasteiger partial charge in [-0.3, -0.25) is 0 Å². The third-order valence-corrected chi connectivity index (χ3v) is 4.53. The molecular formula is C19H42ClNO2. The van der Waals surface area contributed by atoms with E-state index < -0.39 is 0 Å². The molecule has 0 aromatic carbocycles. The van der Waals surface area contributed by atoms with E-state index in [-0.39, 0.29) is 36.6 Å². The summed E-state index contributed by atoms with van der Waals surface area (Å²) >= 11 is 0. The molecule has 0 bridgehead atoms. The molecule has 0 radical (unpaired) electrons. The SMILES string of the molecule is CCCCCCCCCCCC(N)C(CC(C)O)CC(C)O.Cl. The lowest BCUT2D eigenvalue weighted by Gasteiger charge is -2.26. The van der Waals surface area contributed by atoms with Crippen molar-refractivity contribution in [1.82, 2.24) is 0 Å². The Morgan fingerprint density at radius 2 is 1.13 bits per heavy atom. The van der Waals surface area contributed by atoms with Crippen LogP contribution in [0.2, 0.25) is 0 Å². The molecule has 0 amide bonds. The molecule has 0 heterocycles. The minimum atomic E-state index is -0.335. The van der Waals surface area contributed by atoms with Gasteiger partial charge in [-0.2, -0.15) is 0 Å². The van der Waals surface area contributed by atoms with Crippen LogP contribution in [0.5, 0.6) is 0 Å². The van der Waals surface area contributed by atoms with Crippen molar-refractivity contribution in [1.29, 1.82) is 0 Å². The highest BCUT2D eigenvalue weighted by atomic mass is 35.5. The zero-order valence-corrected chi connectivity index (χ0v) is 16.5. The Balaban J connectivity index is 0. The molecule has 0 fully saturated rings. The number of aliphatic hydroxyl groups is 2. The van der Waals surface area contributed by atoms with Crippen molar-refractivity contribution in [2.45, 2.75) is 116 Å². The maximum atomic E-state index is 9.58. The van der Waals surface area contributed by atoms with Crippen molar-refractivity contribution >= 4 is 12.4 Å². The summed E-state index contributed by atoms with van der Waals surface area (Å²) in [6.45, 7) is 5.87. The molecule has 23 heavy (non-hydrogen) atoms. The first kappa shape index (κ1) is 25.4. The predicted molar refractivity (Wildman–Crippen MR) is 103 cm³/mol. The van der Waals surface area contributed by atoms with Gasteiger partial charge in [-0.15, -0.1) is 12.4 Å². The van der Waals surface area contributed by atoms with Crippen molar-refractivity contribution < 1.29 is 10.2 Å². The average Bonchev–Trinajstić information content (AvgIpc) is 2.43. The number of hydrogen-bond acceptors (Lipinski definition) is 3. The van der Waals surface area contributed by atoms with Gasteiger partial charge in [-0.25, -0.2) is 0 Å². The molecule has 3 nitrogen and oxygen atoms in total. The lowest BCUT2D eigenvalue weighted by Crippen LogP contribution is -2.34. The number of halogens is 1. The Morgan fingerprint density at radius 3 is 1.52 bits per heavy atom. The van der Waals surface area contributed by atoms with Gasteiger partial charge in [0.25, 0.3) is 0 Å². The van der Waals surface area contributed by atoms with E-state index in [9.17, 15) is 10.2 Å². The van der Waals surface area contributed by atoms with Gasteiger partial charge < -0.3 is 15.9 Å². The Hall–Kier alpha value is 0.170. The van der Waals surface area contributed by atoms with Crippen LogP contribution in [0.15, 0.2) is 0 Å². The lowest BCUT2D eigenvalue weighted by atomic mass is 9.86. The number of hydrogen-bond donors (Lipinski definition) is 3. The van der Waals surface area contributed by atoms with Crippen LogP contribution in [-0.2, 0) is 0 Å². The van der Waals surface area contributed by atoms with E-state index in [1.807, 2.05) is 0 Å². The second-order valence-corrected chi connectivity index (χ2v) is 7.21. The van der Waals surface area contributed by atoms with Crippen molar-refractivity contribution in [3.8, 4) is 0 Å². The molecule has 0 aliphatic rings. The van der Waals surface area contributed by atoms with Gasteiger partial charge in [-0.1, -0.05) is 64.7 Å². The molecule has 0 aliphatic heterocycles. The van der Waals surface area contributed by atoms with Crippen LogP contribution in [0.25, 0.3) is 0 Å². The van der Waals surface area contributed by atoms with Gasteiger partial charge >= 0.3 is 0 Å². The summed E-state index contributed by atoms with van der Waals surface area (Å²) in [6.07, 6.45) is 13.7. The smallest absolute Gasteiger partial charge is 0.0515 e. The summed E-state index contributed by atoms with van der Waals surface area (Å²) in [5.74, 6) is 0.231. The summed E-state index contributed by atoms with van der Waals surface area (Å²) in [6, 6.07) is 0.105. The Kier molecular flexibility index (Phi) is 18.8. The first-order chi connectivity index (χ1) is 10.5. The normalized spacial score (nSPS) is 16.4. The average molecular weight is 352 g/mol. The van der Waals surface area contributed by atoms with Crippen molar-refractivity contribution in [3.63, 3.8) is 0 Å². The maximum absolute atomic E-state index is 9.58. The van der Waals surface area contributed by atoms with Gasteiger partial charge in [0.1, 0.15) is 0 Å². The predicted octanol–water partition coefficient (Wildman–Crippen LogP) is 4.81. The van der Waals surface area contributed by atoms with Gasteiger partial charge in [0.2, 0.25) is 0 Å². The van der Waals surface area contributed by atoms with Crippen molar-refractivity contribution in [3.05, 3.63) is 0 Å². The zero-order valence-electron chi connectivity index (χ0n) is 15.7. The third kappa shape index (κ3) is 16.8. The lowest BCUT2D eigenvalue weighted by molar-refractivity contribution is 0.107. The molecule has 0 saturated heterocycles. The summed E-state index contributed by atoms with van der Waals surface area (Å²) < 4.78 is 0. The summed E-state index contributed by atoms with van der Waals surface area (Å²) in [4.78, 5) is 0. The molecule has 0 aliphatic carbocycles. The van der Waals surface area contributed by atoms with Crippen molar-refractivity contribution in [2.75, 3.05) is 0 Å². The first-order valence-corrected chi connectivity index (χ1v) is 9.59. The van der Waals surface area contributed by atoms with Crippen LogP contribution >= 0.6 is 12.4 Å². The van der Waals surface area contributed by atoms with Crippen LogP contribution < -0.4 is 5.73 Å². The Labute approximate surface area is 150 Å². The van der Waals surface area contributed by atoms with Crippen LogP contribution in [0.4, 0.5) is 0 Å². The maximum Gasteiger partial charge on any atom is 0.0515 e. The van der Waals surface area contributed by atoms with Gasteiger partial charge in [0.15, 0.2) is 0 Å². The minimum absolute atomic E-state index is 0. The molecular weight excluding hydrogens is 310 g/mol. The topological polar surface area (TPSA) is 66.5 Å². The molecule has 0 aromatic heterocycles. The molecule has 0 aromatic rings. The monoisotopic (exact) mass is 351 g/mol. The highest BCUT2D eigenvalue weighted by Crippen LogP contribution is 2.21. The van der Waals surface area contributed by atoms with E-state index in [0.717, 1.165) is 6.42 Å². The second kappa shape index (κ2) is 17.0. The molecule has 142 valence electrons. The van der Waals surface area contributed by atoms with Crippen LogP contribution in [0.1, 0.15) is 97.8 Å². The van der Waals surface area contributed by atoms with E-state index in [1.165, 1.54) is 57.8 Å². The third-order valence-electron chi connectivity index (χ3n) is 4.53. The summed E-state index contributed by atoms with van der Waals surface area (Å²) in [7, 11) is 0. The minimum Gasteiger partial charge on any atom is -0.393 e. The quantitative estimate of drug-likeness (QED) is 0.371. The number of aliphatic hydroxyl groups excluding tert-OH is 2. The first-order valence-electron chi connectivity index (χ1n) is 9.59. The number of unbranched alkanes of at least 4 members (excludes halogenated alkanes) is 8. The Morgan fingerprint density at radius 1 is 0.739 bits per heavy atom. The highest BCUT2D eigenvalue weighted by molar-refractivity contribution is 5.85. The van der Waals surface area contributed by atoms with E-state index in [4.69, 9.17) is 5.73 Å². The van der Waals surface area contributed by atoms with Crippen molar-refractivity contribution in [2.24, 2.45) is 11.7 Å². The second-order valence-electron chi connectivity index (χ2n) is 7.21. The summed E-state index contributed by atoms with van der Waals surface area (Å²) in [5, 5.41) is 19.2. The van der Waals surface area contributed by atoms with E-state index in [1.54, 1.807) is 13.8 Å². The van der Waals surface area contributed by atoms with Crippen LogP contribution in [0.3, 0.4) is 0 Å². The number of rotatable bonds is 15. The molecule has 3 unspecified atom stereocenters. The molecule has 0 rings (SSSR count). The van der Waals surface area contributed by atoms with E-state index in [2.05, 4.69) is 6.92 Å². The van der Waals surface area contributed by atoms with Crippen LogP contribution in [-0.4, -0.2) is 28.5 Å². The zero-order chi connectivity index (χ0) is 16.8. The fourth-order valence-electron chi connectivity index (χ4n) is 3.25. The van der Waals surface area contributed by atoms with E-state index >= 15 is 0 Å². The fraction of sp³-hybridized carbons (Fsp3) is 1.00. The molecule has 4 heteroatoms. The highest BCUT2D eigenvalue weighted by Gasteiger charge is 2.21. The van der Waals surface area contributed by atoms with Gasteiger partial charge in [0.05, 0.1) is 12.2 Å².